The number of carbonyl (C=O) groups excluding carboxylic acids is 3. The summed E-state index contributed by atoms with van der Waals surface area (Å²) in [6, 6.07) is 5.93. The second kappa shape index (κ2) is 8.50. The van der Waals surface area contributed by atoms with Gasteiger partial charge in [-0.15, -0.1) is 0 Å². The molecule has 0 aliphatic heterocycles. The van der Waals surface area contributed by atoms with Crippen LogP contribution in [0.2, 0.25) is 0 Å². The first-order valence-electron chi connectivity index (χ1n) is 8.24. The molecule has 1 aliphatic rings. The molecule has 1 fully saturated rings. The number of esters is 1. The Balaban J connectivity index is 1.69. The van der Waals surface area contributed by atoms with Crippen LogP contribution in [0.4, 0.5) is 0 Å². The van der Waals surface area contributed by atoms with Crippen molar-refractivity contribution in [3.8, 4) is 5.75 Å². The lowest BCUT2D eigenvalue weighted by atomic mass is 10.1. The van der Waals surface area contributed by atoms with Gasteiger partial charge in [0.25, 0.3) is 5.91 Å². The third kappa shape index (κ3) is 6.10. The van der Waals surface area contributed by atoms with E-state index in [0.29, 0.717) is 5.75 Å². The van der Waals surface area contributed by atoms with Crippen molar-refractivity contribution in [2.24, 2.45) is 0 Å². The Bertz CT molecular complexity index is 635. The summed E-state index contributed by atoms with van der Waals surface area (Å²) in [4.78, 5) is 36.5. The van der Waals surface area contributed by atoms with E-state index in [1.165, 1.54) is 11.9 Å². The monoisotopic (exact) mass is 348 g/mol. The number of amides is 2. The van der Waals surface area contributed by atoms with Crippen LogP contribution in [0.25, 0.3) is 0 Å². The van der Waals surface area contributed by atoms with Gasteiger partial charge in [0, 0.05) is 13.1 Å². The Morgan fingerprint density at radius 3 is 2.40 bits per heavy atom. The SMILES string of the molecule is Cc1cccc(C)c1OCC(=O)OCC(=O)N(C)CC(=O)NC1CC1. The van der Waals surface area contributed by atoms with Crippen LogP contribution in [0.1, 0.15) is 24.0 Å². The fourth-order valence-corrected chi connectivity index (χ4v) is 2.26. The van der Waals surface area contributed by atoms with E-state index in [0.717, 1.165) is 24.0 Å². The molecule has 1 aliphatic carbocycles. The van der Waals surface area contributed by atoms with E-state index in [1.807, 2.05) is 32.0 Å². The maximum Gasteiger partial charge on any atom is 0.344 e. The molecule has 2 rings (SSSR count). The second-order valence-electron chi connectivity index (χ2n) is 6.26. The number of hydrogen-bond donors (Lipinski definition) is 1. The number of ether oxygens (including phenoxy) is 2. The molecule has 0 aromatic heterocycles. The van der Waals surface area contributed by atoms with Crippen molar-refractivity contribution in [2.45, 2.75) is 32.7 Å². The Morgan fingerprint density at radius 1 is 1.16 bits per heavy atom. The minimum atomic E-state index is -0.633. The van der Waals surface area contributed by atoms with E-state index in [2.05, 4.69) is 5.32 Å². The first-order valence-corrected chi connectivity index (χ1v) is 8.24. The first-order chi connectivity index (χ1) is 11.9. The summed E-state index contributed by atoms with van der Waals surface area (Å²) >= 11 is 0. The minimum absolute atomic E-state index is 0.0498. The first kappa shape index (κ1) is 18.8. The van der Waals surface area contributed by atoms with Gasteiger partial charge in [-0.05, 0) is 37.8 Å². The Morgan fingerprint density at radius 2 is 1.80 bits per heavy atom. The molecule has 0 unspecified atom stereocenters. The van der Waals surface area contributed by atoms with Crippen LogP contribution in [0.3, 0.4) is 0 Å². The highest BCUT2D eigenvalue weighted by atomic mass is 16.6. The van der Waals surface area contributed by atoms with Crippen LogP contribution in [-0.2, 0) is 19.1 Å². The zero-order valence-corrected chi connectivity index (χ0v) is 14.8. The molecule has 0 atom stereocenters. The summed E-state index contributed by atoms with van der Waals surface area (Å²) in [6.07, 6.45) is 1.97. The number of rotatable bonds is 8. The van der Waals surface area contributed by atoms with Crippen LogP contribution in [-0.4, -0.2) is 55.5 Å². The molecule has 1 N–H and O–H groups in total. The van der Waals surface area contributed by atoms with Crippen LogP contribution < -0.4 is 10.1 Å². The number of para-hydroxylation sites is 1. The van der Waals surface area contributed by atoms with Gasteiger partial charge in [0.05, 0.1) is 6.54 Å². The lowest BCUT2D eigenvalue weighted by Gasteiger charge is -2.17. The molecular weight excluding hydrogens is 324 g/mol. The smallest absolute Gasteiger partial charge is 0.344 e. The van der Waals surface area contributed by atoms with E-state index in [-0.39, 0.29) is 25.1 Å². The number of likely N-dealkylation sites (N-methyl/N-ethyl adjacent to an activating group) is 1. The van der Waals surface area contributed by atoms with Crippen molar-refractivity contribution in [1.82, 2.24) is 10.2 Å². The highest BCUT2D eigenvalue weighted by molar-refractivity contribution is 5.86. The van der Waals surface area contributed by atoms with E-state index >= 15 is 0 Å². The number of benzene rings is 1. The normalized spacial score (nSPS) is 13.1. The zero-order chi connectivity index (χ0) is 18.4. The van der Waals surface area contributed by atoms with Gasteiger partial charge in [-0.1, -0.05) is 18.2 Å². The molecular formula is C18H24N2O5. The van der Waals surface area contributed by atoms with Crippen LogP contribution >= 0.6 is 0 Å². The quantitative estimate of drug-likeness (QED) is 0.708. The highest BCUT2D eigenvalue weighted by Crippen LogP contribution is 2.22. The lowest BCUT2D eigenvalue weighted by Crippen LogP contribution is -2.41. The third-order valence-corrected chi connectivity index (χ3v) is 3.85. The molecule has 0 bridgehead atoms. The molecule has 0 heterocycles. The van der Waals surface area contributed by atoms with Gasteiger partial charge in [0.15, 0.2) is 13.2 Å². The molecule has 7 nitrogen and oxygen atoms in total. The number of nitrogens with one attached hydrogen (secondary N) is 1. The number of nitrogens with zero attached hydrogens (tertiary/aromatic N) is 1. The number of carbonyl (C=O) groups is 3. The van der Waals surface area contributed by atoms with E-state index in [1.54, 1.807) is 0 Å². The highest BCUT2D eigenvalue weighted by Gasteiger charge is 2.24. The van der Waals surface area contributed by atoms with Gasteiger partial charge in [0.1, 0.15) is 5.75 Å². The van der Waals surface area contributed by atoms with Crippen molar-refractivity contribution in [3.63, 3.8) is 0 Å². The largest absolute Gasteiger partial charge is 0.481 e. The predicted octanol–water partition coefficient (Wildman–Crippen LogP) is 0.962. The lowest BCUT2D eigenvalue weighted by molar-refractivity contribution is -0.153. The van der Waals surface area contributed by atoms with Crippen molar-refractivity contribution < 1.29 is 23.9 Å². The standard InChI is InChI=1S/C18H24N2O5/c1-12-5-4-6-13(2)18(12)25-11-17(23)24-10-16(22)20(3)9-15(21)19-14-7-8-14/h4-6,14H,7-11H2,1-3H3,(H,19,21). The minimum Gasteiger partial charge on any atom is -0.481 e. The van der Waals surface area contributed by atoms with Gasteiger partial charge in [-0.3, -0.25) is 9.59 Å². The van der Waals surface area contributed by atoms with Crippen LogP contribution in [0, 0.1) is 13.8 Å². The topological polar surface area (TPSA) is 84.9 Å². The van der Waals surface area contributed by atoms with Crippen molar-refractivity contribution in [2.75, 3.05) is 26.8 Å². The molecule has 1 saturated carbocycles. The predicted molar refractivity (Wildman–Crippen MR) is 91.2 cm³/mol. The summed E-state index contributed by atoms with van der Waals surface area (Å²) in [5, 5.41) is 2.79. The fourth-order valence-electron chi connectivity index (χ4n) is 2.26. The van der Waals surface area contributed by atoms with Gasteiger partial charge < -0.3 is 19.7 Å². The van der Waals surface area contributed by atoms with Crippen molar-refractivity contribution >= 4 is 17.8 Å². The maximum absolute atomic E-state index is 11.9. The molecule has 0 radical (unpaired) electrons. The van der Waals surface area contributed by atoms with Gasteiger partial charge in [-0.2, -0.15) is 0 Å². The molecule has 1 aromatic rings. The second-order valence-corrected chi connectivity index (χ2v) is 6.26. The number of hydrogen-bond acceptors (Lipinski definition) is 5. The summed E-state index contributed by atoms with van der Waals surface area (Å²) in [6.45, 7) is 3.04. The molecule has 0 spiro atoms. The Labute approximate surface area is 147 Å². The summed E-state index contributed by atoms with van der Waals surface area (Å²) in [5.74, 6) is -0.638. The molecule has 7 heteroatoms. The molecule has 1 aromatic carbocycles. The average molecular weight is 348 g/mol. The Hall–Kier alpha value is -2.57. The molecule has 0 saturated heterocycles. The molecule has 2 amide bonds. The maximum atomic E-state index is 11.9. The molecule has 25 heavy (non-hydrogen) atoms. The van der Waals surface area contributed by atoms with Gasteiger partial charge in [0.2, 0.25) is 5.91 Å². The Kier molecular flexibility index (Phi) is 6.38. The summed E-state index contributed by atoms with van der Waals surface area (Å²) in [5.41, 5.74) is 1.84. The summed E-state index contributed by atoms with van der Waals surface area (Å²) < 4.78 is 10.4. The van der Waals surface area contributed by atoms with Crippen molar-refractivity contribution in [1.29, 1.82) is 0 Å². The summed E-state index contributed by atoms with van der Waals surface area (Å²) in [7, 11) is 1.50. The van der Waals surface area contributed by atoms with Gasteiger partial charge >= 0.3 is 5.97 Å². The zero-order valence-electron chi connectivity index (χ0n) is 14.8. The van der Waals surface area contributed by atoms with Crippen LogP contribution in [0.5, 0.6) is 5.75 Å². The van der Waals surface area contributed by atoms with Crippen molar-refractivity contribution in [3.05, 3.63) is 29.3 Å². The van der Waals surface area contributed by atoms with E-state index in [9.17, 15) is 14.4 Å². The third-order valence-electron chi connectivity index (χ3n) is 3.85. The molecule has 136 valence electrons. The van der Waals surface area contributed by atoms with Crippen LogP contribution in [0.15, 0.2) is 18.2 Å². The van der Waals surface area contributed by atoms with Gasteiger partial charge in [-0.25, -0.2) is 4.79 Å². The average Bonchev–Trinajstić information content (AvgIpc) is 3.35. The fraction of sp³-hybridized carbons (Fsp3) is 0.500. The number of aryl methyl sites for hydroxylation is 2. The van der Waals surface area contributed by atoms with E-state index < -0.39 is 18.5 Å². The van der Waals surface area contributed by atoms with E-state index in [4.69, 9.17) is 9.47 Å².